The Morgan fingerprint density at radius 2 is 0.880 bits per heavy atom. The predicted molar refractivity (Wildman–Crippen MR) is 109 cm³/mol. The summed E-state index contributed by atoms with van der Waals surface area (Å²) in [7, 11) is 0. The van der Waals surface area contributed by atoms with Crippen LogP contribution in [-0.4, -0.2) is 25.4 Å². The van der Waals surface area contributed by atoms with E-state index >= 15 is 0 Å². The number of hydrogen-bond acceptors (Lipinski definition) is 2. The van der Waals surface area contributed by atoms with Crippen LogP contribution in [0.4, 0.5) is 0 Å². The van der Waals surface area contributed by atoms with Crippen molar-refractivity contribution in [2.75, 3.05) is 13.2 Å². The van der Waals surface area contributed by atoms with Crippen molar-refractivity contribution in [1.29, 1.82) is 0 Å². The van der Waals surface area contributed by atoms with E-state index in [1.807, 2.05) is 0 Å². The van der Waals surface area contributed by atoms with Crippen molar-refractivity contribution in [2.24, 2.45) is 10.8 Å². The Morgan fingerprint density at radius 1 is 0.560 bits per heavy atom. The van der Waals surface area contributed by atoms with Gasteiger partial charge in [-0.05, 0) is 49.4 Å². The maximum atomic E-state index is 5.86. The number of rotatable bonds is 6. The molecule has 2 aliphatic rings. The van der Waals surface area contributed by atoms with Crippen LogP contribution in [0.1, 0.15) is 112 Å². The molecule has 0 aromatic carbocycles. The van der Waals surface area contributed by atoms with E-state index < -0.39 is 0 Å². The van der Waals surface area contributed by atoms with Crippen molar-refractivity contribution in [2.45, 2.75) is 124 Å². The van der Waals surface area contributed by atoms with E-state index in [2.05, 4.69) is 41.5 Å². The van der Waals surface area contributed by atoms with Gasteiger partial charge in [-0.15, -0.1) is 0 Å². The van der Waals surface area contributed by atoms with Gasteiger partial charge in [0.1, 0.15) is 0 Å². The molecule has 25 heavy (non-hydrogen) atoms. The lowest BCUT2D eigenvalue weighted by molar-refractivity contribution is 0.0159. The molecule has 0 spiro atoms. The molecule has 150 valence electrons. The zero-order valence-electron chi connectivity index (χ0n) is 18.2. The van der Waals surface area contributed by atoms with Crippen molar-refractivity contribution in [3.05, 3.63) is 0 Å². The van der Waals surface area contributed by atoms with Crippen LogP contribution in [0.3, 0.4) is 0 Å². The first kappa shape index (κ1) is 23.0. The van der Waals surface area contributed by atoms with E-state index in [0.717, 1.165) is 13.2 Å². The lowest BCUT2D eigenvalue weighted by atomic mass is 9.92. The third-order valence-corrected chi connectivity index (χ3v) is 5.27. The highest BCUT2D eigenvalue weighted by atomic mass is 16.5. The average molecular weight is 355 g/mol. The maximum absolute atomic E-state index is 5.86. The van der Waals surface area contributed by atoms with Gasteiger partial charge in [0.25, 0.3) is 0 Å². The van der Waals surface area contributed by atoms with E-state index in [-0.39, 0.29) is 0 Å². The van der Waals surface area contributed by atoms with Crippen LogP contribution in [0, 0.1) is 10.8 Å². The fourth-order valence-electron chi connectivity index (χ4n) is 3.35. The molecule has 0 heterocycles. The Labute approximate surface area is 158 Å². The van der Waals surface area contributed by atoms with E-state index in [4.69, 9.17) is 9.47 Å². The SMILES string of the molecule is CC(C)(C)CCOC1CCCC1.CC(C)(C)CCOC1CCCCC1. The summed E-state index contributed by atoms with van der Waals surface area (Å²) < 4.78 is 11.6. The quantitative estimate of drug-likeness (QED) is 0.504. The molecule has 0 aromatic rings. The molecular weight excluding hydrogens is 308 g/mol. The van der Waals surface area contributed by atoms with Gasteiger partial charge in [-0.3, -0.25) is 0 Å². The monoisotopic (exact) mass is 354 g/mol. The Kier molecular flexibility index (Phi) is 10.6. The number of ether oxygens (including phenoxy) is 2. The zero-order valence-corrected chi connectivity index (χ0v) is 18.2. The van der Waals surface area contributed by atoms with Gasteiger partial charge in [0.2, 0.25) is 0 Å². The molecule has 0 saturated heterocycles. The van der Waals surface area contributed by atoms with Gasteiger partial charge in [0.15, 0.2) is 0 Å². The number of hydrogen-bond donors (Lipinski definition) is 0. The summed E-state index contributed by atoms with van der Waals surface area (Å²) in [5.74, 6) is 0. The topological polar surface area (TPSA) is 18.5 Å². The standard InChI is InChI=1S/C12H24O.C11H22O/c1-12(2,3)9-10-13-11-7-5-4-6-8-11;1-11(2,3)8-9-12-10-6-4-5-7-10/h11H,4-10H2,1-3H3;10H,4-9H2,1-3H3. The summed E-state index contributed by atoms with van der Waals surface area (Å²) in [4.78, 5) is 0. The molecule has 0 amide bonds. The summed E-state index contributed by atoms with van der Waals surface area (Å²) in [5, 5.41) is 0. The van der Waals surface area contributed by atoms with Crippen LogP contribution < -0.4 is 0 Å². The molecule has 0 radical (unpaired) electrons. The van der Waals surface area contributed by atoms with E-state index in [1.165, 1.54) is 70.6 Å². The molecule has 2 aliphatic carbocycles. The largest absolute Gasteiger partial charge is 0.378 e. The average Bonchev–Trinajstić information content (AvgIpc) is 3.00. The highest BCUT2D eigenvalue weighted by molar-refractivity contribution is 4.68. The minimum atomic E-state index is 0.425. The van der Waals surface area contributed by atoms with Gasteiger partial charge in [-0.1, -0.05) is 73.6 Å². The predicted octanol–water partition coefficient (Wildman–Crippen LogP) is 7.15. The van der Waals surface area contributed by atoms with Crippen LogP contribution in [0.25, 0.3) is 0 Å². The first-order valence-corrected chi connectivity index (χ1v) is 10.9. The molecule has 2 rings (SSSR count). The minimum Gasteiger partial charge on any atom is -0.378 e. The van der Waals surface area contributed by atoms with Crippen LogP contribution in [0.2, 0.25) is 0 Å². The minimum absolute atomic E-state index is 0.425. The highest BCUT2D eigenvalue weighted by Gasteiger charge is 2.17. The molecule has 2 saturated carbocycles. The third-order valence-electron chi connectivity index (χ3n) is 5.27. The molecule has 0 bridgehead atoms. The maximum Gasteiger partial charge on any atom is 0.0575 e. The van der Waals surface area contributed by atoms with Gasteiger partial charge in [-0.25, -0.2) is 0 Å². The van der Waals surface area contributed by atoms with Gasteiger partial charge >= 0.3 is 0 Å². The normalized spacial score (nSPS) is 20.4. The molecule has 0 atom stereocenters. The lowest BCUT2D eigenvalue weighted by Gasteiger charge is -2.24. The van der Waals surface area contributed by atoms with Crippen LogP contribution in [0.5, 0.6) is 0 Å². The first-order chi connectivity index (χ1) is 11.7. The fourth-order valence-corrected chi connectivity index (χ4v) is 3.35. The summed E-state index contributed by atoms with van der Waals surface area (Å²) in [6.07, 6.45) is 15.6. The molecule has 0 aromatic heterocycles. The zero-order chi connectivity index (χ0) is 18.8. The van der Waals surface area contributed by atoms with Crippen molar-refractivity contribution in [1.82, 2.24) is 0 Å². The lowest BCUT2D eigenvalue weighted by Crippen LogP contribution is -2.19. The molecule has 0 N–H and O–H groups in total. The summed E-state index contributed by atoms with van der Waals surface area (Å²) in [5.41, 5.74) is 0.854. The molecule has 2 nitrogen and oxygen atoms in total. The Bertz CT molecular complexity index is 312. The Hall–Kier alpha value is -0.0800. The van der Waals surface area contributed by atoms with Crippen LogP contribution >= 0.6 is 0 Å². The van der Waals surface area contributed by atoms with Crippen molar-refractivity contribution in [3.63, 3.8) is 0 Å². The third kappa shape index (κ3) is 13.7. The van der Waals surface area contributed by atoms with Crippen LogP contribution in [-0.2, 0) is 9.47 Å². The van der Waals surface area contributed by atoms with Gasteiger partial charge in [-0.2, -0.15) is 0 Å². The summed E-state index contributed by atoms with van der Waals surface area (Å²) >= 11 is 0. The second-order valence-corrected chi connectivity index (χ2v) is 10.5. The van der Waals surface area contributed by atoms with Gasteiger partial charge in [0, 0.05) is 13.2 Å². The van der Waals surface area contributed by atoms with Crippen LogP contribution in [0.15, 0.2) is 0 Å². The second kappa shape index (κ2) is 11.6. The molecule has 0 aliphatic heterocycles. The molecule has 2 fully saturated rings. The van der Waals surface area contributed by atoms with Crippen molar-refractivity contribution >= 4 is 0 Å². The summed E-state index contributed by atoms with van der Waals surface area (Å²) in [6, 6.07) is 0. The van der Waals surface area contributed by atoms with E-state index in [1.54, 1.807) is 0 Å². The Balaban J connectivity index is 0.000000251. The molecule has 2 heteroatoms. The first-order valence-electron chi connectivity index (χ1n) is 10.9. The smallest absolute Gasteiger partial charge is 0.0575 e. The van der Waals surface area contributed by atoms with Gasteiger partial charge in [0.05, 0.1) is 12.2 Å². The van der Waals surface area contributed by atoms with E-state index in [0.29, 0.717) is 23.0 Å². The van der Waals surface area contributed by atoms with Crippen molar-refractivity contribution < 1.29 is 9.47 Å². The fraction of sp³-hybridized carbons (Fsp3) is 1.00. The second-order valence-electron chi connectivity index (χ2n) is 10.5. The molecular formula is C23H46O2. The molecule has 0 unspecified atom stereocenters. The summed E-state index contributed by atoms with van der Waals surface area (Å²) in [6.45, 7) is 15.5. The highest BCUT2D eigenvalue weighted by Crippen LogP contribution is 2.24. The Morgan fingerprint density at radius 3 is 1.20 bits per heavy atom. The van der Waals surface area contributed by atoms with E-state index in [9.17, 15) is 0 Å². The van der Waals surface area contributed by atoms with Gasteiger partial charge < -0.3 is 9.47 Å². The van der Waals surface area contributed by atoms with Crippen molar-refractivity contribution in [3.8, 4) is 0 Å².